The summed E-state index contributed by atoms with van der Waals surface area (Å²) < 4.78 is 29.2. The third kappa shape index (κ3) is 13.6. The van der Waals surface area contributed by atoms with Crippen LogP contribution in [0, 0.1) is 35.5 Å². The van der Waals surface area contributed by atoms with Crippen LogP contribution in [0.15, 0.2) is 47.6 Å². The summed E-state index contributed by atoms with van der Waals surface area (Å²) in [5.74, 6) is -7.97. The summed E-state index contributed by atoms with van der Waals surface area (Å²) in [6.07, 6.45) is 10.5. The molecule has 3 fully saturated rings. The number of esters is 1. The van der Waals surface area contributed by atoms with Gasteiger partial charge in [0.25, 0.3) is 11.7 Å². The van der Waals surface area contributed by atoms with Gasteiger partial charge >= 0.3 is 5.97 Å². The van der Waals surface area contributed by atoms with Gasteiger partial charge in [-0.3, -0.25) is 19.2 Å². The van der Waals surface area contributed by atoms with Crippen molar-refractivity contribution in [1.29, 1.82) is 0 Å². The van der Waals surface area contributed by atoms with E-state index in [1.807, 2.05) is 58.1 Å². The summed E-state index contributed by atoms with van der Waals surface area (Å²) in [6, 6.07) is -1.13. The number of allylic oxidation sites excluding steroid dienone is 6. The molecule has 360 valence electrons. The molecule has 1 amide bonds. The van der Waals surface area contributed by atoms with Gasteiger partial charge in [-0.15, -0.1) is 0 Å². The Labute approximate surface area is 380 Å². The van der Waals surface area contributed by atoms with Crippen LogP contribution in [-0.4, -0.2) is 132 Å². The highest BCUT2D eigenvalue weighted by molar-refractivity contribution is 6.39. The molecule has 0 radical (unpaired) electrons. The van der Waals surface area contributed by atoms with Gasteiger partial charge in [-0.25, -0.2) is 4.79 Å². The highest BCUT2D eigenvalue weighted by atomic mass is 16.6. The van der Waals surface area contributed by atoms with E-state index in [1.54, 1.807) is 41.1 Å². The zero-order valence-corrected chi connectivity index (χ0v) is 39.9. The number of hydrogen-bond acceptors (Lipinski definition) is 13. The molecule has 3 N–H and O–H groups in total. The van der Waals surface area contributed by atoms with Crippen LogP contribution in [0.4, 0.5) is 0 Å². The van der Waals surface area contributed by atoms with Gasteiger partial charge in [0.1, 0.15) is 30.1 Å². The molecule has 1 aliphatic carbocycles. The van der Waals surface area contributed by atoms with E-state index < -0.39 is 83.9 Å². The van der Waals surface area contributed by atoms with Crippen molar-refractivity contribution in [2.75, 3.05) is 27.9 Å². The van der Waals surface area contributed by atoms with Gasteiger partial charge < -0.3 is 43.9 Å². The average Bonchev–Trinajstić information content (AvgIpc) is 3.76. The Morgan fingerprint density at radius 1 is 0.859 bits per heavy atom. The number of methoxy groups -OCH3 is 3. The lowest BCUT2D eigenvalue weighted by Gasteiger charge is -2.41. The maximum atomic E-state index is 14.2. The number of aliphatic hydroxyl groups excluding tert-OH is 2. The molecule has 15 atom stereocenters. The Balaban J connectivity index is 1.68. The second kappa shape index (κ2) is 24.4. The molecule has 2 bridgehead atoms. The van der Waals surface area contributed by atoms with Crippen molar-refractivity contribution in [2.24, 2.45) is 35.5 Å². The number of carbonyl (C=O) groups is 5. The maximum Gasteiger partial charge on any atom is 0.329 e. The van der Waals surface area contributed by atoms with Crippen LogP contribution in [0.25, 0.3) is 0 Å². The van der Waals surface area contributed by atoms with Gasteiger partial charge in [0.15, 0.2) is 5.78 Å². The van der Waals surface area contributed by atoms with Gasteiger partial charge in [-0.2, -0.15) is 0 Å². The molecule has 1 saturated carbocycles. The van der Waals surface area contributed by atoms with E-state index in [1.165, 1.54) is 7.11 Å². The zero-order valence-electron chi connectivity index (χ0n) is 39.9. The van der Waals surface area contributed by atoms with Crippen molar-refractivity contribution >= 4 is 29.2 Å². The first-order valence-corrected chi connectivity index (χ1v) is 23.4. The van der Waals surface area contributed by atoms with Crippen LogP contribution in [0.3, 0.4) is 0 Å². The third-order valence-electron chi connectivity index (χ3n) is 14.2. The predicted octanol–water partition coefficient (Wildman–Crippen LogP) is 5.79. The van der Waals surface area contributed by atoms with Crippen LogP contribution in [-0.2, 0) is 47.7 Å². The molecule has 0 aromatic carbocycles. The summed E-state index contributed by atoms with van der Waals surface area (Å²) in [6.45, 7) is 12.7. The van der Waals surface area contributed by atoms with E-state index in [0.717, 1.165) is 16.9 Å². The van der Waals surface area contributed by atoms with Crippen molar-refractivity contribution in [1.82, 2.24) is 4.90 Å². The normalized spacial score (nSPS) is 38.0. The summed E-state index contributed by atoms with van der Waals surface area (Å²) in [5, 5.41) is 33.7. The van der Waals surface area contributed by atoms with Gasteiger partial charge in [-0.05, 0) is 101 Å². The van der Waals surface area contributed by atoms with E-state index in [4.69, 9.17) is 23.7 Å². The predicted molar refractivity (Wildman–Crippen MR) is 241 cm³/mol. The van der Waals surface area contributed by atoms with Crippen molar-refractivity contribution in [3.63, 3.8) is 0 Å². The molecule has 0 spiro atoms. The fourth-order valence-electron chi connectivity index (χ4n) is 9.95. The van der Waals surface area contributed by atoms with Gasteiger partial charge in [0, 0.05) is 58.5 Å². The standard InChI is InChI=1S/C50H77NO13/c1-29-15-12-11-13-16-30(2)41(60-8)27-37-20-18-35(7)50(59,64-37)47(56)48(57)51-22-14-17-38(51)49(58)63-42(32(4)25-36-19-21-39(52)43(26-36)61-9)28-40(53)31(3)24-34(6)45(55)46(62-10)44(54)33(5)23-29/h11-13,15-16,24,29,31-33,35-39,41-43,45-46,52,55,59H,14,17-23,25-28H2,1-10H3/t29-,31-,32-,33-,35-,36+,37+,38+,39-,41+,42+,43-,45-,46+,50-/m1/s1. The number of hydrogen-bond donors (Lipinski definition) is 3. The fraction of sp³-hybridized carbons (Fsp3) is 0.740. The highest BCUT2D eigenvalue weighted by Crippen LogP contribution is 2.38. The number of ketones is 3. The first-order chi connectivity index (χ1) is 30.2. The maximum absolute atomic E-state index is 14.2. The molecular formula is C50H77NO13. The van der Waals surface area contributed by atoms with Crippen LogP contribution in [0.5, 0.6) is 0 Å². The summed E-state index contributed by atoms with van der Waals surface area (Å²) in [5.41, 5.74) is 1.26. The van der Waals surface area contributed by atoms with Crippen molar-refractivity contribution in [2.45, 2.75) is 174 Å². The molecule has 2 saturated heterocycles. The lowest BCUT2D eigenvalue weighted by Crippen LogP contribution is -2.59. The van der Waals surface area contributed by atoms with Gasteiger partial charge in [0.05, 0.1) is 24.4 Å². The summed E-state index contributed by atoms with van der Waals surface area (Å²) >= 11 is 0. The third-order valence-corrected chi connectivity index (χ3v) is 14.2. The Morgan fingerprint density at radius 2 is 1.58 bits per heavy atom. The van der Waals surface area contributed by atoms with Gasteiger partial charge in [0.2, 0.25) is 5.79 Å². The van der Waals surface area contributed by atoms with Crippen LogP contribution >= 0.6 is 0 Å². The lowest BCUT2D eigenvalue weighted by molar-refractivity contribution is -0.265. The molecule has 3 aliphatic heterocycles. The molecule has 3 heterocycles. The van der Waals surface area contributed by atoms with Crippen molar-refractivity contribution in [3.05, 3.63) is 47.6 Å². The van der Waals surface area contributed by atoms with E-state index >= 15 is 0 Å². The Kier molecular flexibility index (Phi) is 20.3. The minimum atomic E-state index is -2.42. The monoisotopic (exact) mass is 900 g/mol. The number of aliphatic hydroxyl groups is 3. The molecule has 0 aromatic rings. The zero-order chi connectivity index (χ0) is 47.5. The SMILES string of the molecule is CO[C@H]1C[C@@H]2CC[C@@H](C)[C@@](O)(O2)C(=O)C(=O)N2CCC[C@H]2C(=O)O[C@H]([C@H](C)C[C@@H]2CC[C@@H](O)[C@H](OC)C2)CC(=O)[C@H](C)C=C(C)[C@@H](O)[C@@H](OC)C(=O)[C@H](C)C[C@H](C)C=CC=CC=C1C. The first-order valence-electron chi connectivity index (χ1n) is 23.4. The quantitative estimate of drug-likeness (QED) is 0.165. The molecule has 64 heavy (non-hydrogen) atoms. The lowest BCUT2D eigenvalue weighted by atomic mass is 9.78. The minimum absolute atomic E-state index is 0.0199. The molecule has 14 nitrogen and oxygen atoms in total. The van der Waals surface area contributed by atoms with Crippen LogP contribution in [0.2, 0.25) is 0 Å². The Bertz CT molecular complexity index is 1740. The van der Waals surface area contributed by atoms with Gasteiger partial charge in [-0.1, -0.05) is 71.1 Å². The number of cyclic esters (lactones) is 1. The van der Waals surface area contributed by atoms with Crippen molar-refractivity contribution in [3.8, 4) is 0 Å². The van der Waals surface area contributed by atoms with E-state index in [2.05, 4.69) is 0 Å². The number of nitrogens with zero attached hydrogens (tertiary/aromatic N) is 1. The first kappa shape index (κ1) is 53.2. The van der Waals surface area contributed by atoms with Crippen LogP contribution in [0.1, 0.15) is 119 Å². The van der Waals surface area contributed by atoms with Crippen LogP contribution < -0.4 is 0 Å². The molecular weight excluding hydrogens is 823 g/mol. The largest absolute Gasteiger partial charge is 0.460 e. The Hall–Kier alpha value is -3.37. The number of rotatable bonds is 6. The van der Waals surface area contributed by atoms with E-state index in [-0.39, 0.29) is 54.8 Å². The molecule has 0 unspecified atom stereocenters. The van der Waals surface area contributed by atoms with E-state index in [0.29, 0.717) is 56.9 Å². The minimum Gasteiger partial charge on any atom is -0.460 e. The molecule has 14 heteroatoms. The number of amides is 1. The second-order valence-electron chi connectivity index (χ2n) is 19.2. The van der Waals surface area contributed by atoms with Crippen molar-refractivity contribution < 1.29 is 63.0 Å². The summed E-state index contributed by atoms with van der Waals surface area (Å²) in [4.78, 5) is 71.2. The Morgan fingerprint density at radius 3 is 2.25 bits per heavy atom. The number of ether oxygens (including phenoxy) is 5. The molecule has 4 aliphatic rings. The number of fused-ring (bicyclic) bond motifs is 3. The molecule has 4 rings (SSSR count). The fourth-order valence-corrected chi connectivity index (χ4v) is 9.95. The number of Topliss-reactive ketones (excluding diaryl/α,β-unsaturated/α-hetero) is 3. The molecule has 0 aromatic heterocycles. The number of carbonyl (C=O) groups excluding carboxylic acids is 5. The topological polar surface area (TPSA) is 195 Å². The average molecular weight is 900 g/mol. The van der Waals surface area contributed by atoms with E-state index in [9.17, 15) is 39.3 Å². The highest BCUT2D eigenvalue weighted by Gasteiger charge is 2.53. The second-order valence-corrected chi connectivity index (χ2v) is 19.2. The summed E-state index contributed by atoms with van der Waals surface area (Å²) in [7, 11) is 4.51. The smallest absolute Gasteiger partial charge is 0.329 e.